The van der Waals surface area contributed by atoms with Crippen molar-refractivity contribution in [2.75, 3.05) is 15.8 Å². The molecule has 2 aromatic carbocycles. The van der Waals surface area contributed by atoms with Crippen LogP contribution in [0.1, 0.15) is 30.6 Å². The Hall–Kier alpha value is -2.29. The third-order valence-electron chi connectivity index (χ3n) is 3.84. The summed E-state index contributed by atoms with van der Waals surface area (Å²) in [4.78, 5) is 24.7. The number of hydrogen-bond acceptors (Lipinski definition) is 4. The molecule has 0 aliphatic heterocycles. The van der Waals surface area contributed by atoms with E-state index in [0.29, 0.717) is 17.8 Å². The van der Waals surface area contributed by atoms with E-state index in [4.69, 9.17) is 23.2 Å². The minimum atomic E-state index is -3.39. The van der Waals surface area contributed by atoms with E-state index in [1.807, 2.05) is 0 Å². The number of rotatable bonds is 8. The molecule has 0 saturated heterocycles. The Morgan fingerprint density at radius 2 is 1.66 bits per heavy atom. The Kier molecular flexibility index (Phi) is 7.89. The largest absolute Gasteiger partial charge is 0.340 e. The van der Waals surface area contributed by atoms with Gasteiger partial charge in [-0.25, -0.2) is 8.42 Å². The second-order valence-electron chi connectivity index (χ2n) is 6.28. The summed E-state index contributed by atoms with van der Waals surface area (Å²) in [6.07, 6.45) is 0.507. The van der Waals surface area contributed by atoms with Crippen LogP contribution in [-0.4, -0.2) is 32.0 Å². The van der Waals surface area contributed by atoms with Gasteiger partial charge in [0.05, 0.1) is 21.4 Å². The van der Waals surface area contributed by atoms with E-state index < -0.39 is 27.9 Å². The Morgan fingerprint density at radius 3 is 2.28 bits per heavy atom. The number of halogens is 2. The van der Waals surface area contributed by atoms with Crippen molar-refractivity contribution in [3.05, 3.63) is 58.1 Å². The SMILES string of the molecule is CCCS(=O)(=O)Nc1ccc(NC(=O)C(C)NC(=O)c2cccc(Cl)c2Cl)cc1. The first-order chi connectivity index (χ1) is 13.6. The van der Waals surface area contributed by atoms with Gasteiger partial charge in [0.15, 0.2) is 0 Å². The predicted octanol–water partition coefficient (Wildman–Crippen LogP) is 3.90. The fraction of sp³-hybridized carbons (Fsp3) is 0.263. The minimum Gasteiger partial charge on any atom is -0.340 e. The maximum absolute atomic E-state index is 12.3. The number of nitrogens with one attached hydrogen (secondary N) is 3. The van der Waals surface area contributed by atoms with E-state index in [1.54, 1.807) is 31.2 Å². The average molecular weight is 458 g/mol. The van der Waals surface area contributed by atoms with E-state index in [9.17, 15) is 18.0 Å². The third kappa shape index (κ3) is 6.62. The molecule has 2 amide bonds. The van der Waals surface area contributed by atoms with E-state index in [2.05, 4.69) is 15.4 Å². The molecule has 0 aromatic heterocycles. The van der Waals surface area contributed by atoms with Crippen molar-refractivity contribution in [1.29, 1.82) is 0 Å². The van der Waals surface area contributed by atoms with Gasteiger partial charge in [-0.3, -0.25) is 14.3 Å². The number of hydrogen-bond donors (Lipinski definition) is 3. The van der Waals surface area contributed by atoms with E-state index in [1.165, 1.54) is 25.1 Å². The number of anilines is 2. The highest BCUT2D eigenvalue weighted by Crippen LogP contribution is 2.25. The van der Waals surface area contributed by atoms with Crippen LogP contribution in [0.15, 0.2) is 42.5 Å². The zero-order valence-electron chi connectivity index (χ0n) is 15.8. The van der Waals surface area contributed by atoms with Crippen molar-refractivity contribution in [1.82, 2.24) is 5.32 Å². The second kappa shape index (κ2) is 9.96. The highest BCUT2D eigenvalue weighted by molar-refractivity contribution is 7.92. The first kappa shape index (κ1) is 23.0. The van der Waals surface area contributed by atoms with Gasteiger partial charge in [-0.15, -0.1) is 0 Å². The molecular weight excluding hydrogens is 437 g/mol. The molecule has 0 bridgehead atoms. The maximum Gasteiger partial charge on any atom is 0.253 e. The third-order valence-corrected chi connectivity index (χ3v) is 6.15. The molecule has 2 rings (SSSR count). The van der Waals surface area contributed by atoms with Crippen LogP contribution in [0.5, 0.6) is 0 Å². The van der Waals surface area contributed by atoms with E-state index in [0.717, 1.165) is 0 Å². The number of amides is 2. The molecule has 1 atom stereocenters. The Bertz CT molecular complexity index is 995. The molecule has 3 N–H and O–H groups in total. The zero-order chi connectivity index (χ0) is 21.6. The molecular formula is C19H21Cl2N3O4S. The molecule has 0 saturated carbocycles. The van der Waals surface area contributed by atoms with Crippen LogP contribution in [0.25, 0.3) is 0 Å². The molecule has 0 aliphatic carbocycles. The van der Waals surface area contributed by atoms with Crippen LogP contribution in [-0.2, 0) is 14.8 Å². The Morgan fingerprint density at radius 1 is 1.03 bits per heavy atom. The molecule has 1 unspecified atom stereocenters. The fourth-order valence-corrected chi connectivity index (χ4v) is 3.91. The van der Waals surface area contributed by atoms with Gasteiger partial charge in [-0.2, -0.15) is 0 Å². The van der Waals surface area contributed by atoms with Crippen molar-refractivity contribution in [2.45, 2.75) is 26.3 Å². The van der Waals surface area contributed by atoms with Gasteiger partial charge in [-0.1, -0.05) is 36.2 Å². The van der Waals surface area contributed by atoms with Crippen molar-refractivity contribution < 1.29 is 18.0 Å². The summed E-state index contributed by atoms with van der Waals surface area (Å²) < 4.78 is 26.0. The first-order valence-corrected chi connectivity index (χ1v) is 11.2. The van der Waals surface area contributed by atoms with Crippen molar-refractivity contribution in [2.24, 2.45) is 0 Å². The number of benzene rings is 2. The molecule has 10 heteroatoms. The number of carbonyl (C=O) groups excluding carboxylic acids is 2. The van der Waals surface area contributed by atoms with Gasteiger partial charge in [0.25, 0.3) is 5.91 Å². The first-order valence-electron chi connectivity index (χ1n) is 8.79. The smallest absolute Gasteiger partial charge is 0.253 e. The molecule has 0 heterocycles. The van der Waals surface area contributed by atoms with Crippen molar-refractivity contribution in [3.63, 3.8) is 0 Å². The lowest BCUT2D eigenvalue weighted by Crippen LogP contribution is -2.41. The van der Waals surface area contributed by atoms with Gasteiger partial charge < -0.3 is 10.6 Å². The van der Waals surface area contributed by atoms with Gasteiger partial charge >= 0.3 is 0 Å². The summed E-state index contributed by atoms with van der Waals surface area (Å²) in [6, 6.07) is 10.0. The number of sulfonamides is 1. The van der Waals surface area contributed by atoms with Crippen LogP contribution in [0.3, 0.4) is 0 Å². The fourth-order valence-electron chi connectivity index (χ4n) is 2.39. The summed E-state index contributed by atoms with van der Waals surface area (Å²) in [5.41, 5.74) is 1.02. The molecule has 0 aliphatic rings. The quantitative estimate of drug-likeness (QED) is 0.558. The molecule has 29 heavy (non-hydrogen) atoms. The molecule has 7 nitrogen and oxygen atoms in total. The van der Waals surface area contributed by atoms with E-state index in [-0.39, 0.29) is 21.4 Å². The Balaban J connectivity index is 1.97. The topological polar surface area (TPSA) is 104 Å². The van der Waals surface area contributed by atoms with Gasteiger partial charge in [0.2, 0.25) is 15.9 Å². The summed E-state index contributed by atoms with van der Waals surface area (Å²) in [5.74, 6) is -0.948. The standard InChI is InChI=1S/C19H21Cl2N3O4S/c1-3-11-29(27,28)24-14-9-7-13(8-10-14)23-18(25)12(2)22-19(26)15-5-4-6-16(20)17(15)21/h4-10,12,24H,3,11H2,1-2H3,(H,22,26)(H,23,25). The molecule has 0 fully saturated rings. The lowest BCUT2D eigenvalue weighted by atomic mass is 10.2. The number of carbonyl (C=O) groups is 2. The van der Waals surface area contributed by atoms with Crippen LogP contribution < -0.4 is 15.4 Å². The van der Waals surface area contributed by atoms with Crippen molar-refractivity contribution in [3.8, 4) is 0 Å². The normalized spacial score (nSPS) is 12.1. The van der Waals surface area contributed by atoms with Gasteiger partial charge in [0.1, 0.15) is 6.04 Å². The lowest BCUT2D eigenvalue weighted by Gasteiger charge is -2.15. The molecule has 0 spiro atoms. The monoisotopic (exact) mass is 457 g/mol. The molecule has 2 aromatic rings. The summed E-state index contributed by atoms with van der Waals surface area (Å²) >= 11 is 11.9. The van der Waals surface area contributed by atoms with Crippen LogP contribution in [0.2, 0.25) is 10.0 Å². The van der Waals surface area contributed by atoms with Crippen LogP contribution in [0.4, 0.5) is 11.4 Å². The molecule has 0 radical (unpaired) electrons. The summed E-state index contributed by atoms with van der Waals surface area (Å²) in [7, 11) is -3.39. The summed E-state index contributed by atoms with van der Waals surface area (Å²) in [5, 5.41) is 5.56. The average Bonchev–Trinajstić information content (AvgIpc) is 2.65. The highest BCUT2D eigenvalue weighted by atomic mass is 35.5. The summed E-state index contributed by atoms with van der Waals surface area (Å²) in [6.45, 7) is 3.30. The Labute approximate surface area is 179 Å². The van der Waals surface area contributed by atoms with Gasteiger partial charge in [-0.05, 0) is 49.7 Å². The van der Waals surface area contributed by atoms with E-state index >= 15 is 0 Å². The van der Waals surface area contributed by atoms with Crippen LogP contribution in [0, 0.1) is 0 Å². The molecule has 156 valence electrons. The minimum absolute atomic E-state index is 0.0271. The van der Waals surface area contributed by atoms with Crippen molar-refractivity contribution >= 4 is 56.4 Å². The predicted molar refractivity (Wildman–Crippen MR) is 116 cm³/mol. The lowest BCUT2D eigenvalue weighted by molar-refractivity contribution is -0.117. The second-order valence-corrected chi connectivity index (χ2v) is 8.91. The van der Waals surface area contributed by atoms with Crippen LogP contribution >= 0.6 is 23.2 Å². The van der Waals surface area contributed by atoms with Gasteiger partial charge in [0, 0.05) is 11.4 Å². The highest BCUT2D eigenvalue weighted by Gasteiger charge is 2.19. The maximum atomic E-state index is 12.3. The zero-order valence-corrected chi connectivity index (χ0v) is 18.2.